The van der Waals surface area contributed by atoms with E-state index >= 15 is 0 Å². The van der Waals surface area contributed by atoms with Gasteiger partial charge in [0.1, 0.15) is 0 Å². The fraction of sp³-hybridized carbons (Fsp3) is 0.308. The SMILES string of the molecule is CN(Cc1cc(C#CCCO)cs1)C(=O)c1csnn1. The van der Waals surface area contributed by atoms with Crippen LogP contribution >= 0.6 is 22.9 Å². The topological polar surface area (TPSA) is 66.3 Å². The molecule has 0 spiro atoms. The first-order valence-electron chi connectivity index (χ1n) is 5.90. The lowest BCUT2D eigenvalue weighted by molar-refractivity contribution is 0.0780. The predicted molar refractivity (Wildman–Crippen MR) is 78.6 cm³/mol. The van der Waals surface area contributed by atoms with Crippen LogP contribution in [0.1, 0.15) is 27.3 Å². The molecule has 2 heterocycles. The van der Waals surface area contributed by atoms with Crippen molar-refractivity contribution in [3.63, 3.8) is 0 Å². The second-order valence-corrected chi connectivity index (χ2v) is 5.63. The van der Waals surface area contributed by atoms with Gasteiger partial charge in [0, 0.05) is 34.7 Å². The van der Waals surface area contributed by atoms with Gasteiger partial charge in [-0.3, -0.25) is 4.79 Å². The van der Waals surface area contributed by atoms with Crippen molar-refractivity contribution in [2.24, 2.45) is 0 Å². The van der Waals surface area contributed by atoms with Crippen molar-refractivity contribution in [2.75, 3.05) is 13.7 Å². The van der Waals surface area contributed by atoms with Gasteiger partial charge in [-0.05, 0) is 17.6 Å². The molecule has 0 aromatic carbocycles. The molecule has 0 aliphatic rings. The van der Waals surface area contributed by atoms with Crippen LogP contribution in [-0.2, 0) is 6.54 Å². The van der Waals surface area contributed by atoms with E-state index in [4.69, 9.17) is 5.11 Å². The summed E-state index contributed by atoms with van der Waals surface area (Å²) in [5.41, 5.74) is 1.28. The van der Waals surface area contributed by atoms with E-state index in [1.54, 1.807) is 28.7 Å². The van der Waals surface area contributed by atoms with Crippen molar-refractivity contribution in [3.8, 4) is 11.8 Å². The first-order valence-corrected chi connectivity index (χ1v) is 7.62. The average Bonchev–Trinajstić information content (AvgIpc) is 3.09. The molecular weight excluding hydrogens is 294 g/mol. The molecule has 7 heteroatoms. The van der Waals surface area contributed by atoms with E-state index in [0.29, 0.717) is 18.7 Å². The minimum atomic E-state index is -0.139. The van der Waals surface area contributed by atoms with Crippen molar-refractivity contribution in [1.82, 2.24) is 14.5 Å². The van der Waals surface area contributed by atoms with Gasteiger partial charge in [-0.25, -0.2) is 0 Å². The minimum absolute atomic E-state index is 0.0723. The van der Waals surface area contributed by atoms with Crippen LogP contribution in [0, 0.1) is 11.8 Å². The summed E-state index contributed by atoms with van der Waals surface area (Å²) in [5.74, 6) is 5.71. The molecule has 0 fully saturated rings. The summed E-state index contributed by atoms with van der Waals surface area (Å²) < 4.78 is 3.69. The summed E-state index contributed by atoms with van der Waals surface area (Å²) in [7, 11) is 1.73. The highest BCUT2D eigenvalue weighted by Gasteiger charge is 2.15. The molecule has 2 rings (SSSR count). The summed E-state index contributed by atoms with van der Waals surface area (Å²) >= 11 is 2.72. The van der Waals surface area contributed by atoms with Gasteiger partial charge >= 0.3 is 0 Å². The number of hydrogen-bond acceptors (Lipinski definition) is 6. The van der Waals surface area contributed by atoms with Crippen molar-refractivity contribution < 1.29 is 9.90 Å². The molecule has 2 aromatic heterocycles. The fourth-order valence-corrected chi connectivity index (χ4v) is 2.81. The van der Waals surface area contributed by atoms with Gasteiger partial charge in [-0.15, -0.1) is 16.4 Å². The molecule has 0 saturated heterocycles. The Morgan fingerprint density at radius 2 is 2.35 bits per heavy atom. The highest BCUT2D eigenvalue weighted by atomic mass is 32.1. The van der Waals surface area contributed by atoms with Gasteiger partial charge in [-0.1, -0.05) is 16.3 Å². The Hall–Kier alpha value is -1.75. The molecule has 5 nitrogen and oxygen atoms in total. The highest BCUT2D eigenvalue weighted by molar-refractivity contribution is 7.10. The van der Waals surface area contributed by atoms with Crippen LogP contribution in [0.3, 0.4) is 0 Å². The third kappa shape index (κ3) is 3.87. The lowest BCUT2D eigenvalue weighted by atomic mass is 10.3. The lowest BCUT2D eigenvalue weighted by Gasteiger charge is -2.13. The summed E-state index contributed by atoms with van der Waals surface area (Å²) in [6.07, 6.45) is 0.473. The number of carbonyl (C=O) groups excluding carboxylic acids is 1. The Labute approximate surface area is 125 Å². The van der Waals surface area contributed by atoms with Crippen LogP contribution < -0.4 is 0 Å². The third-order valence-corrected chi connectivity index (χ3v) is 3.87. The van der Waals surface area contributed by atoms with Crippen LogP contribution in [0.15, 0.2) is 16.8 Å². The minimum Gasteiger partial charge on any atom is -0.395 e. The molecule has 1 amide bonds. The van der Waals surface area contributed by atoms with Crippen LogP contribution in [0.5, 0.6) is 0 Å². The highest BCUT2D eigenvalue weighted by Crippen LogP contribution is 2.16. The van der Waals surface area contributed by atoms with Gasteiger partial charge in [0.25, 0.3) is 5.91 Å². The molecule has 0 saturated carbocycles. The van der Waals surface area contributed by atoms with E-state index in [2.05, 4.69) is 21.4 Å². The molecule has 0 unspecified atom stereocenters. The van der Waals surface area contributed by atoms with Gasteiger partial charge in [0.05, 0.1) is 13.2 Å². The maximum Gasteiger partial charge on any atom is 0.275 e. The molecular formula is C13H13N3O2S2. The standard InChI is InChI=1S/C13H13N3O2S2/c1-16(13(18)12-9-20-15-14-12)7-11-6-10(8-19-11)4-2-3-5-17/h6,8-9,17H,3,5,7H2,1H3. The largest absolute Gasteiger partial charge is 0.395 e. The van der Waals surface area contributed by atoms with Crippen LogP contribution in [0.2, 0.25) is 0 Å². The van der Waals surface area contributed by atoms with E-state index in [0.717, 1.165) is 22.0 Å². The summed E-state index contributed by atoms with van der Waals surface area (Å²) in [6.45, 7) is 0.589. The van der Waals surface area contributed by atoms with Gasteiger partial charge in [-0.2, -0.15) is 0 Å². The van der Waals surface area contributed by atoms with Gasteiger partial charge in [0.15, 0.2) is 5.69 Å². The zero-order valence-electron chi connectivity index (χ0n) is 10.9. The van der Waals surface area contributed by atoms with Gasteiger partial charge in [0.2, 0.25) is 0 Å². The third-order valence-electron chi connectivity index (χ3n) is 2.44. The number of aromatic nitrogens is 2. The molecule has 0 aliphatic heterocycles. The van der Waals surface area contributed by atoms with Crippen molar-refractivity contribution in [2.45, 2.75) is 13.0 Å². The smallest absolute Gasteiger partial charge is 0.275 e. The van der Waals surface area contributed by atoms with Gasteiger partial charge < -0.3 is 10.0 Å². The average molecular weight is 307 g/mol. The zero-order valence-corrected chi connectivity index (χ0v) is 12.5. The van der Waals surface area contributed by atoms with Crippen molar-refractivity contribution in [1.29, 1.82) is 0 Å². The number of hydrogen-bond donors (Lipinski definition) is 1. The lowest BCUT2D eigenvalue weighted by Crippen LogP contribution is -2.26. The normalized spacial score (nSPS) is 9.90. The van der Waals surface area contributed by atoms with Crippen LogP contribution in [-0.4, -0.2) is 39.2 Å². The van der Waals surface area contributed by atoms with E-state index in [1.807, 2.05) is 11.4 Å². The number of thiophene rings is 1. The molecule has 0 bridgehead atoms. The second kappa shape index (κ2) is 7.14. The number of aliphatic hydroxyl groups excluding tert-OH is 1. The summed E-state index contributed by atoms with van der Waals surface area (Å²) in [5, 5.41) is 16.0. The molecule has 0 aliphatic carbocycles. The Bertz CT molecular complexity index is 626. The first-order chi connectivity index (χ1) is 9.70. The van der Waals surface area contributed by atoms with E-state index in [1.165, 1.54) is 0 Å². The number of carbonyl (C=O) groups is 1. The Balaban J connectivity index is 1.97. The number of nitrogens with zero attached hydrogens (tertiary/aromatic N) is 3. The molecule has 104 valence electrons. The predicted octanol–water partition coefficient (Wildman–Crippen LogP) is 1.61. The molecule has 1 N–H and O–H groups in total. The maximum atomic E-state index is 12.0. The fourth-order valence-electron chi connectivity index (χ4n) is 1.51. The Morgan fingerprint density at radius 1 is 1.50 bits per heavy atom. The molecule has 0 radical (unpaired) electrons. The summed E-state index contributed by atoms with van der Waals surface area (Å²) in [6, 6.07) is 1.96. The van der Waals surface area contributed by atoms with E-state index < -0.39 is 0 Å². The first kappa shape index (κ1) is 14.7. The van der Waals surface area contributed by atoms with E-state index in [-0.39, 0.29) is 12.5 Å². The molecule has 20 heavy (non-hydrogen) atoms. The van der Waals surface area contributed by atoms with Crippen molar-refractivity contribution in [3.05, 3.63) is 33.0 Å². The Morgan fingerprint density at radius 3 is 3.05 bits per heavy atom. The monoisotopic (exact) mass is 307 g/mol. The van der Waals surface area contributed by atoms with E-state index in [9.17, 15) is 4.79 Å². The summed E-state index contributed by atoms with van der Waals surface area (Å²) in [4.78, 5) is 14.7. The maximum absolute atomic E-state index is 12.0. The molecule has 2 aromatic rings. The second-order valence-electron chi connectivity index (χ2n) is 4.03. The van der Waals surface area contributed by atoms with Crippen molar-refractivity contribution >= 4 is 28.8 Å². The Kier molecular flexibility index (Phi) is 5.24. The number of aliphatic hydroxyl groups is 1. The number of rotatable bonds is 4. The molecule has 0 atom stereocenters. The van der Waals surface area contributed by atoms with Crippen LogP contribution in [0.4, 0.5) is 0 Å². The number of amides is 1. The quantitative estimate of drug-likeness (QED) is 0.872. The zero-order chi connectivity index (χ0) is 14.4. The van der Waals surface area contributed by atoms with Crippen LogP contribution in [0.25, 0.3) is 0 Å².